The summed E-state index contributed by atoms with van der Waals surface area (Å²) in [5.41, 5.74) is 4.42. The molecule has 0 spiro atoms. The van der Waals surface area contributed by atoms with E-state index in [9.17, 15) is 0 Å². The molecule has 0 N–H and O–H groups in total. The Morgan fingerprint density at radius 3 is 1.21 bits per heavy atom. The van der Waals surface area contributed by atoms with Crippen molar-refractivity contribution in [1.29, 1.82) is 0 Å². The number of hydrogen-bond acceptors (Lipinski definition) is 6. The molecular weight excluding hydrogens is 540 g/mol. The van der Waals surface area contributed by atoms with Crippen LogP contribution in [0.4, 0.5) is 0 Å². The molecule has 2 aliphatic heterocycles. The molecule has 6 nitrogen and oxygen atoms in total. The van der Waals surface area contributed by atoms with Gasteiger partial charge in [-0.15, -0.1) is 0 Å². The largest absolute Gasteiger partial charge is 0.491 e. The Morgan fingerprint density at radius 1 is 0.535 bits per heavy atom. The third-order valence-corrected chi connectivity index (χ3v) is 6.96. The van der Waals surface area contributed by atoms with Crippen LogP contribution >= 0.6 is 0 Å². The van der Waals surface area contributed by atoms with Crippen molar-refractivity contribution in [2.45, 2.75) is 25.2 Å². The van der Waals surface area contributed by atoms with E-state index in [0.29, 0.717) is 19.8 Å². The minimum atomic E-state index is -0.100. The molecule has 0 radical (unpaired) electrons. The molecule has 43 heavy (non-hydrogen) atoms. The van der Waals surface area contributed by atoms with Crippen LogP contribution in [-0.2, 0) is 9.47 Å². The fraction of sp³-hybridized carbons (Fsp3) is 0.243. The van der Waals surface area contributed by atoms with Gasteiger partial charge in [-0.3, -0.25) is 0 Å². The summed E-state index contributed by atoms with van der Waals surface area (Å²) in [7, 11) is 0. The number of rotatable bonds is 15. The second-order valence-electron chi connectivity index (χ2n) is 10.7. The molecule has 2 heterocycles. The molecule has 6 rings (SSSR count). The van der Waals surface area contributed by atoms with Crippen LogP contribution < -0.4 is 18.9 Å². The highest BCUT2D eigenvalue weighted by molar-refractivity contribution is 5.71. The van der Waals surface area contributed by atoms with Crippen LogP contribution in [0.25, 0.3) is 24.3 Å². The van der Waals surface area contributed by atoms with E-state index in [4.69, 9.17) is 28.4 Å². The molecule has 4 aromatic carbocycles. The van der Waals surface area contributed by atoms with Crippen LogP contribution in [0.2, 0.25) is 0 Å². The average molecular weight is 577 g/mol. The van der Waals surface area contributed by atoms with Crippen LogP contribution in [0.1, 0.15) is 29.2 Å². The Bertz CT molecular complexity index is 1480. The Balaban J connectivity index is 0.911. The fourth-order valence-electron chi connectivity index (χ4n) is 4.25. The standard InChI is InChI=1S/C37H36O6/c1-27(43-35-20-12-31(13-21-35)5-4-30-10-18-34(19-11-30)40-24-37-26-42-37)22-38-32-14-6-28(7-15-32)2-3-29-8-16-33(17-9-29)39-23-36-25-41-36/h2-21,27,36-37H,22-26H2,1H3. The molecule has 0 bridgehead atoms. The summed E-state index contributed by atoms with van der Waals surface area (Å²) < 4.78 is 33.8. The lowest BCUT2D eigenvalue weighted by Gasteiger charge is -2.16. The molecule has 4 aromatic rings. The molecule has 3 unspecified atom stereocenters. The zero-order chi connectivity index (χ0) is 29.3. The van der Waals surface area contributed by atoms with Crippen LogP contribution in [0.15, 0.2) is 97.1 Å². The summed E-state index contributed by atoms with van der Waals surface area (Å²) >= 11 is 0. The lowest BCUT2D eigenvalue weighted by Crippen LogP contribution is -2.21. The highest BCUT2D eigenvalue weighted by Crippen LogP contribution is 2.21. The quantitative estimate of drug-likeness (QED) is 0.108. The second-order valence-corrected chi connectivity index (χ2v) is 10.7. The first-order chi connectivity index (χ1) is 21.1. The maximum Gasteiger partial charge on any atom is 0.130 e. The van der Waals surface area contributed by atoms with Crippen LogP contribution in [-0.4, -0.2) is 51.3 Å². The molecule has 3 atom stereocenters. The van der Waals surface area contributed by atoms with E-state index in [1.54, 1.807) is 0 Å². The van der Waals surface area contributed by atoms with E-state index in [2.05, 4.69) is 24.3 Å². The van der Waals surface area contributed by atoms with E-state index in [1.165, 1.54) is 0 Å². The van der Waals surface area contributed by atoms with Crippen molar-refractivity contribution in [3.63, 3.8) is 0 Å². The zero-order valence-electron chi connectivity index (χ0n) is 24.3. The van der Waals surface area contributed by atoms with Gasteiger partial charge < -0.3 is 28.4 Å². The molecule has 220 valence electrons. The number of epoxide rings is 2. The molecular formula is C37H36O6. The van der Waals surface area contributed by atoms with Crippen LogP contribution in [0, 0.1) is 0 Å². The van der Waals surface area contributed by atoms with Crippen molar-refractivity contribution in [3.8, 4) is 23.0 Å². The average Bonchev–Trinajstić information content (AvgIpc) is 3.98. The van der Waals surface area contributed by atoms with Gasteiger partial charge in [0.25, 0.3) is 0 Å². The predicted octanol–water partition coefficient (Wildman–Crippen LogP) is 7.43. The third-order valence-electron chi connectivity index (χ3n) is 6.96. The van der Waals surface area contributed by atoms with Gasteiger partial charge in [0.1, 0.15) is 61.1 Å². The third kappa shape index (κ3) is 9.50. The minimum absolute atomic E-state index is 0.100. The van der Waals surface area contributed by atoms with Gasteiger partial charge in [0.2, 0.25) is 0 Å². The highest BCUT2D eigenvalue weighted by atomic mass is 16.6. The fourth-order valence-corrected chi connectivity index (χ4v) is 4.25. The lowest BCUT2D eigenvalue weighted by molar-refractivity contribution is 0.143. The van der Waals surface area contributed by atoms with Gasteiger partial charge in [0, 0.05) is 0 Å². The first-order valence-electron chi connectivity index (χ1n) is 14.7. The van der Waals surface area contributed by atoms with E-state index in [0.717, 1.165) is 58.5 Å². The summed E-state index contributed by atoms with van der Waals surface area (Å²) in [5, 5.41) is 0. The van der Waals surface area contributed by atoms with Gasteiger partial charge in [-0.1, -0.05) is 72.8 Å². The highest BCUT2D eigenvalue weighted by Gasteiger charge is 2.23. The van der Waals surface area contributed by atoms with Crippen molar-refractivity contribution >= 4 is 24.3 Å². The van der Waals surface area contributed by atoms with Crippen molar-refractivity contribution in [1.82, 2.24) is 0 Å². The molecule has 2 fully saturated rings. The summed E-state index contributed by atoms with van der Waals surface area (Å²) in [5.74, 6) is 3.35. The predicted molar refractivity (Wildman–Crippen MR) is 170 cm³/mol. The number of ether oxygens (including phenoxy) is 6. The molecule has 0 saturated carbocycles. The number of benzene rings is 4. The Morgan fingerprint density at radius 2 is 0.860 bits per heavy atom. The van der Waals surface area contributed by atoms with Gasteiger partial charge in [-0.05, 0) is 77.7 Å². The number of hydrogen-bond donors (Lipinski definition) is 0. The Kier molecular flexibility index (Phi) is 9.37. The summed E-state index contributed by atoms with van der Waals surface area (Å²) in [4.78, 5) is 0. The summed E-state index contributed by atoms with van der Waals surface area (Å²) in [6.07, 6.45) is 8.76. The van der Waals surface area contributed by atoms with E-state index in [1.807, 2.05) is 104 Å². The van der Waals surface area contributed by atoms with Crippen molar-refractivity contribution in [3.05, 3.63) is 119 Å². The SMILES string of the molecule is CC(COc1ccc(C=Cc2ccc(OCC3CO3)cc2)cc1)Oc1ccc(C=Cc2ccc(OCC3CO3)cc2)cc1. The maximum absolute atomic E-state index is 6.06. The van der Waals surface area contributed by atoms with Gasteiger partial charge in [0.15, 0.2) is 0 Å². The van der Waals surface area contributed by atoms with Crippen LogP contribution in [0.5, 0.6) is 23.0 Å². The molecule has 6 heteroatoms. The monoisotopic (exact) mass is 576 g/mol. The van der Waals surface area contributed by atoms with Gasteiger partial charge in [-0.2, -0.15) is 0 Å². The molecule has 2 aliphatic rings. The van der Waals surface area contributed by atoms with Crippen molar-refractivity contribution < 1.29 is 28.4 Å². The topological polar surface area (TPSA) is 62.0 Å². The van der Waals surface area contributed by atoms with Crippen LogP contribution in [0.3, 0.4) is 0 Å². The summed E-state index contributed by atoms with van der Waals surface area (Å²) in [6.45, 7) is 5.29. The molecule has 0 aliphatic carbocycles. The van der Waals surface area contributed by atoms with E-state index in [-0.39, 0.29) is 18.3 Å². The molecule has 0 amide bonds. The zero-order valence-corrected chi connectivity index (χ0v) is 24.3. The molecule has 0 aromatic heterocycles. The first kappa shape index (κ1) is 28.6. The smallest absolute Gasteiger partial charge is 0.130 e. The van der Waals surface area contributed by atoms with E-state index >= 15 is 0 Å². The van der Waals surface area contributed by atoms with E-state index < -0.39 is 0 Å². The normalized spacial score (nSPS) is 18.0. The van der Waals surface area contributed by atoms with Crippen molar-refractivity contribution in [2.75, 3.05) is 33.0 Å². The Hall–Kier alpha value is -4.52. The second kappa shape index (κ2) is 14.1. The first-order valence-corrected chi connectivity index (χ1v) is 14.7. The van der Waals surface area contributed by atoms with Gasteiger partial charge in [-0.25, -0.2) is 0 Å². The molecule has 2 saturated heterocycles. The Labute approximate surface area is 253 Å². The maximum atomic E-state index is 6.06. The minimum Gasteiger partial charge on any atom is -0.491 e. The summed E-state index contributed by atoms with van der Waals surface area (Å²) in [6, 6.07) is 32.2. The van der Waals surface area contributed by atoms with Crippen molar-refractivity contribution in [2.24, 2.45) is 0 Å². The lowest BCUT2D eigenvalue weighted by atomic mass is 10.1. The van der Waals surface area contributed by atoms with Gasteiger partial charge >= 0.3 is 0 Å². The van der Waals surface area contributed by atoms with Gasteiger partial charge in [0.05, 0.1) is 13.2 Å².